The van der Waals surface area contributed by atoms with Gasteiger partial charge in [0.05, 0.1) is 5.92 Å². The molecule has 4 heteroatoms. The zero-order chi connectivity index (χ0) is 13.0. The Morgan fingerprint density at radius 1 is 1.11 bits per heavy atom. The zero-order valence-corrected chi connectivity index (χ0v) is 10.1. The van der Waals surface area contributed by atoms with Crippen LogP contribution in [0.15, 0.2) is 30.3 Å². The monoisotopic (exact) mass is 247 g/mol. The first-order valence-electron chi connectivity index (χ1n) is 6.27. The molecule has 4 nitrogen and oxygen atoms in total. The topological polar surface area (TPSA) is 66.4 Å². The summed E-state index contributed by atoms with van der Waals surface area (Å²) in [6, 6.07) is 8.65. The van der Waals surface area contributed by atoms with Gasteiger partial charge in [-0.25, -0.2) is 0 Å². The molecule has 2 N–H and O–H groups in total. The Morgan fingerprint density at radius 3 is 2.44 bits per heavy atom. The van der Waals surface area contributed by atoms with Gasteiger partial charge in [0, 0.05) is 11.6 Å². The highest BCUT2D eigenvalue weighted by Crippen LogP contribution is 2.24. The van der Waals surface area contributed by atoms with Gasteiger partial charge in [-0.3, -0.25) is 9.59 Å². The number of rotatable bonds is 3. The quantitative estimate of drug-likeness (QED) is 0.859. The van der Waals surface area contributed by atoms with E-state index in [1.165, 1.54) is 0 Å². The molecule has 0 spiro atoms. The number of carbonyl (C=O) groups is 2. The Hall–Kier alpha value is -1.84. The van der Waals surface area contributed by atoms with E-state index >= 15 is 0 Å². The summed E-state index contributed by atoms with van der Waals surface area (Å²) in [6.45, 7) is 0. The molecule has 2 rings (SSSR count). The highest BCUT2D eigenvalue weighted by atomic mass is 16.4. The van der Waals surface area contributed by atoms with Crippen molar-refractivity contribution < 1.29 is 14.7 Å². The van der Waals surface area contributed by atoms with E-state index in [4.69, 9.17) is 5.11 Å². The van der Waals surface area contributed by atoms with Crippen LogP contribution >= 0.6 is 0 Å². The van der Waals surface area contributed by atoms with E-state index in [-0.39, 0.29) is 11.9 Å². The molecule has 1 aromatic rings. The van der Waals surface area contributed by atoms with Crippen molar-refractivity contribution in [3.63, 3.8) is 0 Å². The van der Waals surface area contributed by atoms with Gasteiger partial charge >= 0.3 is 5.97 Å². The van der Waals surface area contributed by atoms with Crippen LogP contribution in [0.3, 0.4) is 0 Å². The molecule has 18 heavy (non-hydrogen) atoms. The lowest BCUT2D eigenvalue weighted by atomic mass is 9.84. The van der Waals surface area contributed by atoms with E-state index in [0.717, 1.165) is 19.3 Å². The van der Waals surface area contributed by atoms with Crippen molar-refractivity contribution in [1.82, 2.24) is 5.32 Å². The van der Waals surface area contributed by atoms with E-state index in [1.807, 2.05) is 6.07 Å². The molecule has 0 heterocycles. The van der Waals surface area contributed by atoms with Gasteiger partial charge in [-0.2, -0.15) is 0 Å². The Kier molecular flexibility index (Phi) is 3.97. The third-order valence-corrected chi connectivity index (χ3v) is 3.44. The molecule has 1 aliphatic carbocycles. The average Bonchev–Trinajstić information content (AvgIpc) is 2.40. The highest BCUT2D eigenvalue weighted by Gasteiger charge is 2.31. The standard InChI is InChI=1S/C14H17NO3/c16-13(10-6-2-1-3-7-10)15-12-9-5-4-8-11(12)14(17)18/h1-3,6-7,11-12H,4-5,8-9H2,(H,15,16)(H,17,18). The molecule has 2 atom stereocenters. The van der Waals surface area contributed by atoms with Gasteiger partial charge in [-0.05, 0) is 25.0 Å². The molecular weight excluding hydrogens is 230 g/mol. The molecule has 0 aromatic heterocycles. The number of benzene rings is 1. The number of hydrogen-bond donors (Lipinski definition) is 2. The third-order valence-electron chi connectivity index (χ3n) is 3.44. The van der Waals surface area contributed by atoms with Crippen LogP contribution in [0.4, 0.5) is 0 Å². The molecule has 0 radical (unpaired) electrons. The van der Waals surface area contributed by atoms with Gasteiger partial charge in [0.1, 0.15) is 0 Å². The first-order valence-corrected chi connectivity index (χ1v) is 6.27. The zero-order valence-electron chi connectivity index (χ0n) is 10.1. The van der Waals surface area contributed by atoms with E-state index in [1.54, 1.807) is 24.3 Å². The van der Waals surface area contributed by atoms with Gasteiger partial charge in [-0.15, -0.1) is 0 Å². The molecule has 1 aliphatic rings. The summed E-state index contributed by atoms with van der Waals surface area (Å²) >= 11 is 0. The molecule has 0 bridgehead atoms. The molecule has 1 saturated carbocycles. The maximum absolute atomic E-state index is 12.0. The van der Waals surface area contributed by atoms with Crippen molar-refractivity contribution in [2.75, 3.05) is 0 Å². The lowest BCUT2D eigenvalue weighted by molar-refractivity contribution is -0.143. The normalized spacial score (nSPS) is 23.3. The summed E-state index contributed by atoms with van der Waals surface area (Å²) in [5.41, 5.74) is 0.576. The van der Waals surface area contributed by atoms with Crippen LogP contribution in [-0.2, 0) is 4.79 Å². The van der Waals surface area contributed by atoms with Gasteiger partial charge in [0.2, 0.25) is 0 Å². The average molecular weight is 247 g/mol. The van der Waals surface area contributed by atoms with Crippen molar-refractivity contribution in [3.8, 4) is 0 Å². The molecule has 1 fully saturated rings. The van der Waals surface area contributed by atoms with Crippen molar-refractivity contribution in [2.24, 2.45) is 5.92 Å². The second kappa shape index (κ2) is 5.67. The fourth-order valence-corrected chi connectivity index (χ4v) is 2.44. The molecule has 96 valence electrons. The summed E-state index contributed by atoms with van der Waals surface area (Å²) in [4.78, 5) is 23.1. The van der Waals surface area contributed by atoms with Crippen molar-refractivity contribution in [2.45, 2.75) is 31.7 Å². The van der Waals surface area contributed by atoms with Crippen LogP contribution in [0, 0.1) is 5.92 Å². The summed E-state index contributed by atoms with van der Waals surface area (Å²) in [7, 11) is 0. The molecule has 2 unspecified atom stereocenters. The predicted octanol–water partition coefficient (Wildman–Crippen LogP) is 2.06. The number of carbonyl (C=O) groups excluding carboxylic acids is 1. The Morgan fingerprint density at radius 2 is 1.78 bits per heavy atom. The number of hydrogen-bond acceptors (Lipinski definition) is 2. The number of amides is 1. The fraction of sp³-hybridized carbons (Fsp3) is 0.429. The SMILES string of the molecule is O=C(NC1CCCCC1C(=O)O)c1ccccc1. The van der Waals surface area contributed by atoms with E-state index in [9.17, 15) is 9.59 Å². The van der Waals surface area contributed by atoms with Gasteiger partial charge in [0.25, 0.3) is 5.91 Å². The Labute approximate surface area is 106 Å². The smallest absolute Gasteiger partial charge is 0.308 e. The second-order valence-corrected chi connectivity index (χ2v) is 4.68. The van der Waals surface area contributed by atoms with Crippen LogP contribution in [-0.4, -0.2) is 23.0 Å². The van der Waals surface area contributed by atoms with Crippen LogP contribution < -0.4 is 5.32 Å². The van der Waals surface area contributed by atoms with Crippen LogP contribution in [0.5, 0.6) is 0 Å². The summed E-state index contributed by atoms with van der Waals surface area (Å²) in [5.74, 6) is -1.45. The molecule has 1 amide bonds. The lowest BCUT2D eigenvalue weighted by Crippen LogP contribution is -2.45. The first kappa shape index (κ1) is 12.6. The molecular formula is C14H17NO3. The van der Waals surface area contributed by atoms with Gasteiger partial charge < -0.3 is 10.4 Å². The van der Waals surface area contributed by atoms with Gasteiger partial charge in [-0.1, -0.05) is 31.0 Å². The second-order valence-electron chi connectivity index (χ2n) is 4.68. The lowest BCUT2D eigenvalue weighted by Gasteiger charge is -2.29. The Bertz CT molecular complexity index is 430. The summed E-state index contributed by atoms with van der Waals surface area (Å²) in [6.07, 6.45) is 3.29. The van der Waals surface area contributed by atoms with Crippen LogP contribution in [0.1, 0.15) is 36.0 Å². The van der Waals surface area contributed by atoms with Crippen LogP contribution in [0.25, 0.3) is 0 Å². The number of carboxylic acid groups (broad SMARTS) is 1. The number of nitrogens with one attached hydrogen (secondary N) is 1. The maximum Gasteiger partial charge on any atom is 0.308 e. The Balaban J connectivity index is 2.03. The largest absolute Gasteiger partial charge is 0.481 e. The highest BCUT2D eigenvalue weighted by molar-refractivity contribution is 5.94. The molecule has 0 saturated heterocycles. The number of aliphatic carboxylic acids is 1. The number of carboxylic acids is 1. The molecule has 1 aromatic carbocycles. The summed E-state index contributed by atoms with van der Waals surface area (Å²) in [5, 5.41) is 12.0. The minimum atomic E-state index is -0.812. The van der Waals surface area contributed by atoms with Crippen LogP contribution in [0.2, 0.25) is 0 Å². The predicted molar refractivity (Wildman–Crippen MR) is 67.3 cm³/mol. The summed E-state index contributed by atoms with van der Waals surface area (Å²) < 4.78 is 0. The fourth-order valence-electron chi connectivity index (χ4n) is 2.44. The minimum Gasteiger partial charge on any atom is -0.481 e. The third kappa shape index (κ3) is 2.88. The van der Waals surface area contributed by atoms with E-state index < -0.39 is 11.9 Å². The molecule has 0 aliphatic heterocycles. The van der Waals surface area contributed by atoms with Gasteiger partial charge in [0.15, 0.2) is 0 Å². The van der Waals surface area contributed by atoms with Crippen molar-refractivity contribution >= 4 is 11.9 Å². The van der Waals surface area contributed by atoms with E-state index in [2.05, 4.69) is 5.32 Å². The maximum atomic E-state index is 12.0. The minimum absolute atomic E-state index is 0.186. The van der Waals surface area contributed by atoms with E-state index in [0.29, 0.717) is 12.0 Å². The first-order chi connectivity index (χ1) is 8.68. The van der Waals surface area contributed by atoms with Crippen molar-refractivity contribution in [3.05, 3.63) is 35.9 Å². The van der Waals surface area contributed by atoms with Crippen molar-refractivity contribution in [1.29, 1.82) is 0 Å².